The summed E-state index contributed by atoms with van der Waals surface area (Å²) >= 11 is 0. The van der Waals surface area contributed by atoms with Gasteiger partial charge in [0.15, 0.2) is 5.76 Å². The number of fused-ring (bicyclic) bond motifs is 2. The Morgan fingerprint density at radius 1 is 1.47 bits per heavy atom. The van der Waals surface area contributed by atoms with E-state index in [1.54, 1.807) is 6.07 Å². The van der Waals surface area contributed by atoms with Gasteiger partial charge in [-0.3, -0.25) is 4.79 Å². The summed E-state index contributed by atoms with van der Waals surface area (Å²) in [6.45, 7) is 10.1. The first-order valence-corrected chi connectivity index (χ1v) is 6.13. The first-order chi connectivity index (χ1) is 7.83. The minimum atomic E-state index is -0.269. The summed E-state index contributed by atoms with van der Waals surface area (Å²) in [6, 6.07) is 1.76. The summed E-state index contributed by atoms with van der Waals surface area (Å²) < 4.78 is 5.00. The van der Waals surface area contributed by atoms with Crippen molar-refractivity contribution in [3.05, 3.63) is 12.3 Å². The van der Waals surface area contributed by atoms with Crippen molar-refractivity contribution in [3.63, 3.8) is 0 Å². The number of carbonyl (C=O) groups is 1. The molecule has 0 N–H and O–H groups in total. The van der Waals surface area contributed by atoms with Gasteiger partial charge in [0.2, 0.25) is 0 Å². The molecular formula is C14H19NO2. The Balaban J connectivity index is 2.19. The standard InChI is InChI=1S/C14H19NO2/c1-9(8-15)17-12(16)11-7-10-5-6-14(11,4)13(10,2)3/h10-11H,1,5-7H2,2-4H3. The number of nitriles is 1. The largest absolute Gasteiger partial charge is 0.415 e. The van der Waals surface area contributed by atoms with Gasteiger partial charge in [0.25, 0.3) is 0 Å². The molecule has 3 nitrogen and oxygen atoms in total. The maximum atomic E-state index is 12.1. The molecular weight excluding hydrogens is 214 g/mol. The van der Waals surface area contributed by atoms with Gasteiger partial charge in [0.05, 0.1) is 5.92 Å². The average Bonchev–Trinajstić information content (AvgIpc) is 2.60. The lowest BCUT2D eigenvalue weighted by Gasteiger charge is -2.37. The Kier molecular flexibility index (Phi) is 2.57. The smallest absolute Gasteiger partial charge is 0.315 e. The molecule has 2 bridgehead atoms. The minimum Gasteiger partial charge on any atom is -0.415 e. The third kappa shape index (κ3) is 1.50. The highest BCUT2D eigenvalue weighted by molar-refractivity contribution is 5.76. The Hall–Kier alpha value is -1.30. The van der Waals surface area contributed by atoms with Crippen LogP contribution in [0.5, 0.6) is 0 Å². The van der Waals surface area contributed by atoms with Crippen molar-refractivity contribution < 1.29 is 9.53 Å². The third-order valence-corrected chi connectivity index (χ3v) is 5.43. The second-order valence-electron chi connectivity index (χ2n) is 6.12. The van der Waals surface area contributed by atoms with Crippen LogP contribution in [0.3, 0.4) is 0 Å². The molecule has 0 heterocycles. The van der Waals surface area contributed by atoms with Gasteiger partial charge in [-0.15, -0.1) is 0 Å². The van der Waals surface area contributed by atoms with E-state index >= 15 is 0 Å². The van der Waals surface area contributed by atoms with Crippen LogP contribution in [0.25, 0.3) is 0 Å². The Labute approximate surface area is 102 Å². The van der Waals surface area contributed by atoms with Crippen molar-refractivity contribution in [2.45, 2.75) is 40.0 Å². The number of nitrogens with zero attached hydrogens (tertiary/aromatic N) is 1. The molecule has 3 heteroatoms. The minimum absolute atomic E-state index is 0.00445. The van der Waals surface area contributed by atoms with E-state index in [2.05, 4.69) is 27.4 Å². The van der Waals surface area contributed by atoms with Gasteiger partial charge in [0.1, 0.15) is 6.07 Å². The molecule has 0 saturated heterocycles. The van der Waals surface area contributed by atoms with E-state index in [1.165, 1.54) is 6.42 Å². The zero-order valence-corrected chi connectivity index (χ0v) is 10.7. The highest BCUT2D eigenvalue weighted by Crippen LogP contribution is 2.68. The predicted molar refractivity (Wildman–Crippen MR) is 63.6 cm³/mol. The summed E-state index contributed by atoms with van der Waals surface area (Å²) in [7, 11) is 0. The van der Waals surface area contributed by atoms with Gasteiger partial charge < -0.3 is 4.74 Å². The van der Waals surface area contributed by atoms with Gasteiger partial charge in [-0.25, -0.2) is 0 Å². The van der Waals surface area contributed by atoms with Crippen LogP contribution in [0.1, 0.15) is 40.0 Å². The van der Waals surface area contributed by atoms with Crippen molar-refractivity contribution in [3.8, 4) is 6.07 Å². The fraction of sp³-hybridized carbons (Fsp3) is 0.714. The Morgan fingerprint density at radius 3 is 2.53 bits per heavy atom. The molecule has 0 spiro atoms. The highest BCUT2D eigenvalue weighted by Gasteiger charge is 2.63. The number of allylic oxidation sites excluding steroid dienone is 1. The lowest BCUT2D eigenvalue weighted by atomic mass is 9.67. The van der Waals surface area contributed by atoms with Crippen LogP contribution in [0.2, 0.25) is 0 Å². The second kappa shape index (κ2) is 3.60. The fourth-order valence-corrected chi connectivity index (χ4v) is 3.78. The van der Waals surface area contributed by atoms with E-state index in [1.807, 2.05) is 0 Å². The summed E-state index contributed by atoms with van der Waals surface area (Å²) in [6.07, 6.45) is 3.16. The molecule has 2 aliphatic carbocycles. The van der Waals surface area contributed by atoms with Crippen molar-refractivity contribution >= 4 is 5.97 Å². The van der Waals surface area contributed by atoms with Crippen molar-refractivity contribution in [1.29, 1.82) is 5.26 Å². The summed E-state index contributed by atoms with van der Waals surface area (Å²) in [5, 5.41) is 8.60. The van der Waals surface area contributed by atoms with Crippen LogP contribution in [-0.2, 0) is 9.53 Å². The number of hydrogen-bond donors (Lipinski definition) is 0. The fourth-order valence-electron chi connectivity index (χ4n) is 3.78. The maximum absolute atomic E-state index is 12.1. The predicted octanol–water partition coefficient (Wildman–Crippen LogP) is 3.03. The quantitative estimate of drug-likeness (QED) is 0.418. The number of esters is 1. The van der Waals surface area contributed by atoms with Crippen molar-refractivity contribution in [1.82, 2.24) is 0 Å². The number of hydrogen-bond acceptors (Lipinski definition) is 3. The van der Waals surface area contributed by atoms with Crippen molar-refractivity contribution in [2.24, 2.45) is 22.7 Å². The van der Waals surface area contributed by atoms with Gasteiger partial charge >= 0.3 is 5.97 Å². The summed E-state index contributed by atoms with van der Waals surface area (Å²) in [5.74, 6) is 0.148. The topological polar surface area (TPSA) is 50.1 Å². The number of ether oxygens (including phenoxy) is 1. The number of carbonyl (C=O) groups excluding carboxylic acids is 1. The van der Waals surface area contributed by atoms with Crippen LogP contribution < -0.4 is 0 Å². The van der Waals surface area contributed by atoms with Crippen molar-refractivity contribution in [2.75, 3.05) is 0 Å². The molecule has 2 fully saturated rings. The van der Waals surface area contributed by atoms with E-state index < -0.39 is 0 Å². The monoisotopic (exact) mass is 233 g/mol. The molecule has 0 aromatic heterocycles. The van der Waals surface area contributed by atoms with E-state index in [-0.39, 0.29) is 28.5 Å². The zero-order chi connectivity index (χ0) is 12.8. The van der Waals surface area contributed by atoms with Crippen LogP contribution in [0, 0.1) is 34.0 Å². The molecule has 3 unspecified atom stereocenters. The van der Waals surface area contributed by atoms with E-state index in [0.717, 1.165) is 12.8 Å². The molecule has 0 radical (unpaired) electrons. The normalized spacial score (nSPS) is 37.5. The highest BCUT2D eigenvalue weighted by atomic mass is 16.5. The SMILES string of the molecule is C=C(C#N)OC(=O)C1CC2CCC1(C)C2(C)C. The van der Waals surface area contributed by atoms with E-state index in [0.29, 0.717) is 5.92 Å². The van der Waals surface area contributed by atoms with E-state index in [4.69, 9.17) is 10.00 Å². The molecule has 2 saturated carbocycles. The molecule has 2 aliphatic rings. The summed E-state index contributed by atoms with van der Waals surface area (Å²) in [4.78, 5) is 12.1. The lowest BCUT2D eigenvalue weighted by molar-refractivity contribution is -0.149. The van der Waals surface area contributed by atoms with Crippen LogP contribution in [0.4, 0.5) is 0 Å². The first-order valence-electron chi connectivity index (χ1n) is 6.13. The zero-order valence-electron chi connectivity index (χ0n) is 10.7. The molecule has 92 valence electrons. The molecule has 0 amide bonds. The Morgan fingerprint density at radius 2 is 2.12 bits per heavy atom. The van der Waals surface area contributed by atoms with Gasteiger partial charge in [-0.1, -0.05) is 20.8 Å². The van der Waals surface area contributed by atoms with Gasteiger partial charge in [-0.05, 0) is 42.6 Å². The lowest BCUT2D eigenvalue weighted by Crippen LogP contribution is -2.36. The summed E-state index contributed by atoms with van der Waals surface area (Å²) in [5.41, 5.74) is 0.190. The maximum Gasteiger partial charge on any atom is 0.315 e. The molecule has 0 aliphatic heterocycles. The Bertz CT molecular complexity index is 418. The molecule has 0 aromatic rings. The molecule has 0 aromatic carbocycles. The van der Waals surface area contributed by atoms with Crippen LogP contribution >= 0.6 is 0 Å². The molecule has 3 atom stereocenters. The van der Waals surface area contributed by atoms with Gasteiger partial charge in [0, 0.05) is 0 Å². The number of rotatable bonds is 2. The van der Waals surface area contributed by atoms with E-state index in [9.17, 15) is 4.79 Å². The third-order valence-electron chi connectivity index (χ3n) is 5.43. The first kappa shape index (κ1) is 12.2. The molecule has 17 heavy (non-hydrogen) atoms. The molecule has 2 rings (SSSR count). The second-order valence-corrected chi connectivity index (χ2v) is 6.12. The van der Waals surface area contributed by atoms with Crippen LogP contribution in [0.15, 0.2) is 12.3 Å². The average molecular weight is 233 g/mol. The van der Waals surface area contributed by atoms with Gasteiger partial charge in [-0.2, -0.15) is 5.26 Å². The van der Waals surface area contributed by atoms with Crippen LogP contribution in [-0.4, -0.2) is 5.97 Å².